The Morgan fingerprint density at radius 3 is 2.37 bits per heavy atom. The second-order valence-electron chi connectivity index (χ2n) is 8.60. The van der Waals surface area contributed by atoms with Crippen molar-refractivity contribution in [3.8, 4) is 11.4 Å². The van der Waals surface area contributed by atoms with Gasteiger partial charge in [0.15, 0.2) is 0 Å². The maximum absolute atomic E-state index is 13.2. The average Bonchev–Trinajstić information content (AvgIpc) is 3.41. The summed E-state index contributed by atoms with van der Waals surface area (Å²) in [4.78, 5) is 38.7. The van der Waals surface area contributed by atoms with E-state index in [-0.39, 0.29) is 23.7 Å². The van der Waals surface area contributed by atoms with Gasteiger partial charge >= 0.3 is 0 Å². The Hall–Kier alpha value is -4.05. The Morgan fingerprint density at radius 2 is 1.69 bits per heavy atom. The summed E-state index contributed by atoms with van der Waals surface area (Å²) in [6.07, 6.45) is 0. The number of anilines is 1. The highest BCUT2D eigenvalue weighted by Crippen LogP contribution is 2.24. The summed E-state index contributed by atoms with van der Waals surface area (Å²) >= 11 is 0. The van der Waals surface area contributed by atoms with Crippen molar-refractivity contribution < 1.29 is 14.1 Å². The fourth-order valence-corrected chi connectivity index (χ4v) is 4.23. The fraction of sp³-hybridized carbons (Fsp3) is 0.320. The molecule has 1 saturated heterocycles. The maximum atomic E-state index is 13.2. The molecule has 0 radical (unpaired) electrons. The number of benzene rings is 2. The van der Waals surface area contributed by atoms with E-state index in [0.29, 0.717) is 43.6 Å². The summed E-state index contributed by atoms with van der Waals surface area (Å²) in [5.74, 6) is 0.858. The van der Waals surface area contributed by atoms with Gasteiger partial charge in [0.25, 0.3) is 11.8 Å². The minimum Gasteiger partial charge on any atom is -0.337 e. The van der Waals surface area contributed by atoms with Crippen LogP contribution in [0.3, 0.4) is 0 Å². The lowest BCUT2D eigenvalue weighted by Crippen LogP contribution is -2.60. The van der Waals surface area contributed by atoms with Crippen molar-refractivity contribution in [1.82, 2.24) is 25.4 Å². The smallest absolute Gasteiger partial charge is 0.290 e. The molecule has 2 atom stereocenters. The van der Waals surface area contributed by atoms with Gasteiger partial charge in [-0.15, -0.1) is 0 Å². The van der Waals surface area contributed by atoms with Gasteiger partial charge in [-0.3, -0.25) is 19.9 Å². The van der Waals surface area contributed by atoms with E-state index in [0.717, 1.165) is 5.56 Å². The molecular formula is C25H27N7O3. The number of hydrogen-bond acceptors (Lipinski definition) is 8. The first kappa shape index (κ1) is 22.7. The third-order valence-corrected chi connectivity index (χ3v) is 6.32. The van der Waals surface area contributed by atoms with Crippen molar-refractivity contribution in [3.05, 3.63) is 66.6 Å². The minimum absolute atomic E-state index is 0.0754. The molecular weight excluding hydrogens is 446 g/mol. The van der Waals surface area contributed by atoms with Gasteiger partial charge in [0.1, 0.15) is 6.04 Å². The average molecular weight is 474 g/mol. The largest absolute Gasteiger partial charge is 0.337 e. The van der Waals surface area contributed by atoms with Gasteiger partial charge < -0.3 is 9.42 Å². The van der Waals surface area contributed by atoms with Crippen molar-refractivity contribution in [2.24, 2.45) is 4.99 Å². The SMILES string of the molecule is CC1N=C(C(=O)N2CCN(C(C)c3nc(-c4ccccc4)no3)CC2)NN(c2ccccc2)C1=O. The van der Waals surface area contributed by atoms with E-state index in [4.69, 9.17) is 4.52 Å². The zero-order valence-corrected chi connectivity index (χ0v) is 19.7. The number of amidine groups is 1. The van der Waals surface area contributed by atoms with Gasteiger partial charge in [-0.1, -0.05) is 53.7 Å². The summed E-state index contributed by atoms with van der Waals surface area (Å²) < 4.78 is 5.53. The maximum Gasteiger partial charge on any atom is 0.290 e. The van der Waals surface area contributed by atoms with Crippen LogP contribution in [0, 0.1) is 0 Å². The van der Waals surface area contributed by atoms with Gasteiger partial charge in [-0.2, -0.15) is 4.98 Å². The molecule has 2 aliphatic heterocycles. The Labute approximate surface area is 203 Å². The highest BCUT2D eigenvalue weighted by molar-refractivity contribution is 6.39. The standard InChI is InChI=1S/C25H27N7O3/c1-17-24(33)32(20-11-7-4-8-12-20)28-22(26-17)25(34)31-15-13-30(14-16-31)18(2)23-27-21(29-35-23)19-9-5-3-6-10-19/h3-12,17-18H,13-16H2,1-2H3,(H,26,28). The highest BCUT2D eigenvalue weighted by Gasteiger charge is 2.34. The molecule has 3 aromatic rings. The second kappa shape index (κ2) is 9.67. The molecule has 1 N–H and O–H groups in total. The lowest BCUT2D eigenvalue weighted by molar-refractivity contribution is -0.126. The molecule has 2 amide bonds. The molecule has 180 valence electrons. The van der Waals surface area contributed by atoms with Crippen LogP contribution in [0.2, 0.25) is 0 Å². The summed E-state index contributed by atoms with van der Waals surface area (Å²) in [7, 11) is 0. The normalized spacial score (nSPS) is 19.8. The van der Waals surface area contributed by atoms with E-state index >= 15 is 0 Å². The second-order valence-corrected chi connectivity index (χ2v) is 8.60. The van der Waals surface area contributed by atoms with Gasteiger partial charge in [-0.05, 0) is 26.0 Å². The minimum atomic E-state index is -0.645. The highest BCUT2D eigenvalue weighted by atomic mass is 16.5. The predicted octanol–water partition coefficient (Wildman–Crippen LogP) is 2.28. The van der Waals surface area contributed by atoms with Gasteiger partial charge in [0.2, 0.25) is 17.6 Å². The van der Waals surface area contributed by atoms with Crippen LogP contribution in [-0.4, -0.2) is 69.8 Å². The van der Waals surface area contributed by atoms with Crippen LogP contribution in [0.15, 0.2) is 70.2 Å². The van der Waals surface area contributed by atoms with Crippen LogP contribution in [0.4, 0.5) is 5.69 Å². The van der Waals surface area contributed by atoms with E-state index in [1.54, 1.807) is 11.8 Å². The zero-order chi connectivity index (χ0) is 24.4. The van der Waals surface area contributed by atoms with Crippen molar-refractivity contribution in [2.75, 3.05) is 31.2 Å². The number of nitrogens with zero attached hydrogens (tertiary/aromatic N) is 6. The van der Waals surface area contributed by atoms with Gasteiger partial charge in [0.05, 0.1) is 11.7 Å². The predicted molar refractivity (Wildman–Crippen MR) is 130 cm³/mol. The number of amides is 2. The van der Waals surface area contributed by atoms with Crippen molar-refractivity contribution in [1.29, 1.82) is 0 Å². The number of hydrogen-bond donors (Lipinski definition) is 1. The first-order valence-electron chi connectivity index (χ1n) is 11.7. The van der Waals surface area contributed by atoms with Gasteiger partial charge in [-0.25, -0.2) is 10.0 Å². The van der Waals surface area contributed by atoms with Crippen molar-refractivity contribution >= 4 is 23.3 Å². The molecule has 5 rings (SSSR count). The first-order valence-corrected chi connectivity index (χ1v) is 11.7. The van der Waals surface area contributed by atoms with Crippen molar-refractivity contribution in [3.63, 3.8) is 0 Å². The zero-order valence-electron chi connectivity index (χ0n) is 19.7. The molecule has 35 heavy (non-hydrogen) atoms. The summed E-state index contributed by atoms with van der Waals surface area (Å²) in [6, 6.07) is 18.2. The van der Waals surface area contributed by atoms with E-state index < -0.39 is 6.04 Å². The number of aromatic nitrogens is 2. The number of piperazine rings is 1. The molecule has 0 aliphatic carbocycles. The quantitative estimate of drug-likeness (QED) is 0.606. The fourth-order valence-electron chi connectivity index (χ4n) is 4.23. The monoisotopic (exact) mass is 473 g/mol. The molecule has 2 aromatic carbocycles. The Balaban J connectivity index is 1.22. The molecule has 2 unspecified atom stereocenters. The first-order chi connectivity index (χ1) is 17.0. The van der Waals surface area contributed by atoms with E-state index in [1.807, 2.05) is 67.6 Å². The van der Waals surface area contributed by atoms with E-state index in [2.05, 4.69) is 25.5 Å². The lowest BCUT2D eigenvalue weighted by Gasteiger charge is -2.38. The van der Waals surface area contributed by atoms with Crippen LogP contribution < -0.4 is 10.4 Å². The van der Waals surface area contributed by atoms with Crippen LogP contribution in [0.25, 0.3) is 11.4 Å². The molecule has 1 aromatic heterocycles. The van der Waals surface area contributed by atoms with Crippen LogP contribution in [0.1, 0.15) is 25.8 Å². The topological polar surface area (TPSA) is 107 Å². The summed E-state index contributed by atoms with van der Waals surface area (Å²) in [5, 5.41) is 5.51. The van der Waals surface area contributed by atoms with Crippen molar-refractivity contribution in [2.45, 2.75) is 25.9 Å². The Morgan fingerprint density at radius 1 is 1.03 bits per heavy atom. The molecule has 10 nitrogen and oxygen atoms in total. The van der Waals surface area contributed by atoms with Crippen LogP contribution in [-0.2, 0) is 9.59 Å². The lowest BCUT2D eigenvalue weighted by atomic mass is 10.2. The number of nitrogens with one attached hydrogen (secondary N) is 1. The molecule has 1 fully saturated rings. The number of rotatable bonds is 5. The van der Waals surface area contributed by atoms with E-state index in [1.165, 1.54) is 5.01 Å². The number of carbonyl (C=O) groups is 2. The number of hydrazine groups is 1. The number of carbonyl (C=O) groups excluding carboxylic acids is 2. The molecule has 10 heteroatoms. The van der Waals surface area contributed by atoms with Crippen LogP contribution in [0.5, 0.6) is 0 Å². The molecule has 0 saturated carbocycles. The third-order valence-electron chi connectivity index (χ3n) is 6.32. The molecule has 3 heterocycles. The summed E-state index contributed by atoms with van der Waals surface area (Å²) in [5.41, 5.74) is 4.49. The Bertz CT molecular complexity index is 1220. The third kappa shape index (κ3) is 4.65. The van der Waals surface area contributed by atoms with Gasteiger partial charge in [0, 0.05) is 31.7 Å². The van der Waals surface area contributed by atoms with E-state index in [9.17, 15) is 9.59 Å². The summed E-state index contributed by atoms with van der Waals surface area (Å²) in [6.45, 7) is 6.08. The molecule has 0 bridgehead atoms. The number of para-hydroxylation sites is 1. The Kier molecular flexibility index (Phi) is 6.28. The number of aliphatic imine (C=N–C) groups is 1. The molecule has 0 spiro atoms. The molecule has 2 aliphatic rings. The van der Waals surface area contributed by atoms with Crippen LogP contribution >= 0.6 is 0 Å².